The van der Waals surface area contributed by atoms with Crippen molar-refractivity contribution in [1.29, 1.82) is 0 Å². The summed E-state index contributed by atoms with van der Waals surface area (Å²) in [6.45, 7) is 2.09. The Balaban J connectivity index is 1.55. The van der Waals surface area contributed by atoms with Gasteiger partial charge in [0.1, 0.15) is 13.2 Å². The molecule has 1 amide bonds. The summed E-state index contributed by atoms with van der Waals surface area (Å²) in [5, 5.41) is 9.09. The number of rotatable bonds is 4. The summed E-state index contributed by atoms with van der Waals surface area (Å²) in [5.74, 6) is 0.249. The van der Waals surface area contributed by atoms with Gasteiger partial charge >= 0.3 is 5.97 Å². The van der Waals surface area contributed by atoms with Crippen LogP contribution in [0.4, 0.5) is 0 Å². The molecule has 1 aromatic rings. The van der Waals surface area contributed by atoms with Crippen LogP contribution in [0.5, 0.6) is 11.5 Å². The standard InChI is InChI=1S/C17H21NO5/c19-16(18-7-1-2-13(11-18)17(20)21)6-4-12-3-5-14-15(10-12)23-9-8-22-14/h3,5,10,13H,1-2,4,6-9,11H2,(H,20,21). The van der Waals surface area contributed by atoms with E-state index in [4.69, 9.17) is 14.6 Å². The zero-order valence-corrected chi connectivity index (χ0v) is 13.0. The molecule has 0 radical (unpaired) electrons. The number of aryl methyl sites for hydroxylation is 1. The maximum atomic E-state index is 12.3. The molecule has 0 bridgehead atoms. The number of nitrogens with zero attached hydrogens (tertiary/aromatic N) is 1. The van der Waals surface area contributed by atoms with E-state index in [0.29, 0.717) is 45.6 Å². The van der Waals surface area contributed by atoms with Crippen molar-refractivity contribution in [3.8, 4) is 11.5 Å². The molecule has 6 heteroatoms. The van der Waals surface area contributed by atoms with Crippen LogP contribution in [0.15, 0.2) is 18.2 Å². The highest BCUT2D eigenvalue weighted by atomic mass is 16.6. The quantitative estimate of drug-likeness (QED) is 0.914. The lowest BCUT2D eigenvalue weighted by Gasteiger charge is -2.30. The first kappa shape index (κ1) is 15.6. The maximum Gasteiger partial charge on any atom is 0.308 e. The van der Waals surface area contributed by atoms with Crippen LogP contribution in [0.2, 0.25) is 0 Å². The number of amides is 1. The van der Waals surface area contributed by atoms with Gasteiger partial charge in [-0.1, -0.05) is 6.07 Å². The largest absolute Gasteiger partial charge is 0.486 e. The van der Waals surface area contributed by atoms with Crippen LogP contribution in [0.1, 0.15) is 24.8 Å². The van der Waals surface area contributed by atoms with E-state index in [1.165, 1.54) is 0 Å². The first-order valence-corrected chi connectivity index (χ1v) is 8.02. The van der Waals surface area contributed by atoms with Crippen molar-refractivity contribution in [2.24, 2.45) is 5.92 Å². The zero-order chi connectivity index (χ0) is 16.2. The second kappa shape index (κ2) is 6.89. The van der Waals surface area contributed by atoms with Crippen LogP contribution >= 0.6 is 0 Å². The van der Waals surface area contributed by atoms with Gasteiger partial charge in [0.25, 0.3) is 0 Å². The van der Waals surface area contributed by atoms with Gasteiger partial charge in [-0.05, 0) is 37.0 Å². The van der Waals surface area contributed by atoms with Crippen molar-refractivity contribution >= 4 is 11.9 Å². The Morgan fingerprint density at radius 3 is 2.78 bits per heavy atom. The molecule has 1 fully saturated rings. The van der Waals surface area contributed by atoms with E-state index in [-0.39, 0.29) is 5.91 Å². The van der Waals surface area contributed by atoms with E-state index in [1.807, 2.05) is 18.2 Å². The average molecular weight is 319 g/mol. The second-order valence-electron chi connectivity index (χ2n) is 6.00. The predicted molar refractivity (Wildman–Crippen MR) is 82.7 cm³/mol. The molecule has 1 aromatic carbocycles. The molecule has 2 heterocycles. The van der Waals surface area contributed by atoms with Crippen molar-refractivity contribution in [3.05, 3.63) is 23.8 Å². The van der Waals surface area contributed by atoms with Gasteiger partial charge in [0.2, 0.25) is 5.91 Å². The molecular weight excluding hydrogens is 298 g/mol. The molecule has 3 rings (SSSR count). The maximum absolute atomic E-state index is 12.3. The van der Waals surface area contributed by atoms with E-state index in [9.17, 15) is 9.59 Å². The Bertz CT molecular complexity index is 601. The van der Waals surface area contributed by atoms with Crippen LogP contribution < -0.4 is 9.47 Å². The van der Waals surface area contributed by atoms with Crippen LogP contribution in [0, 0.1) is 5.92 Å². The van der Waals surface area contributed by atoms with E-state index in [1.54, 1.807) is 4.90 Å². The summed E-state index contributed by atoms with van der Waals surface area (Å²) in [7, 11) is 0. The molecule has 1 atom stereocenters. The lowest BCUT2D eigenvalue weighted by atomic mass is 9.97. The van der Waals surface area contributed by atoms with Gasteiger partial charge in [0, 0.05) is 19.5 Å². The van der Waals surface area contributed by atoms with E-state index < -0.39 is 11.9 Å². The highest BCUT2D eigenvalue weighted by Crippen LogP contribution is 2.31. The van der Waals surface area contributed by atoms with Crippen molar-refractivity contribution in [2.75, 3.05) is 26.3 Å². The normalized spacial score (nSPS) is 20.2. The molecule has 0 aliphatic carbocycles. The minimum absolute atomic E-state index is 0.0193. The number of benzene rings is 1. The molecule has 2 aliphatic heterocycles. The SMILES string of the molecule is O=C(O)C1CCCN(C(=O)CCc2ccc3c(c2)OCCO3)C1. The monoisotopic (exact) mass is 319 g/mol. The van der Waals surface area contributed by atoms with Crippen LogP contribution in [-0.2, 0) is 16.0 Å². The fraction of sp³-hybridized carbons (Fsp3) is 0.529. The summed E-state index contributed by atoms with van der Waals surface area (Å²) in [5.41, 5.74) is 1.02. The van der Waals surface area contributed by atoms with Crippen LogP contribution in [0.3, 0.4) is 0 Å². The molecule has 124 valence electrons. The van der Waals surface area contributed by atoms with E-state index in [0.717, 1.165) is 23.5 Å². The van der Waals surface area contributed by atoms with Gasteiger partial charge < -0.3 is 19.5 Å². The topological polar surface area (TPSA) is 76.1 Å². The number of piperidine rings is 1. The number of hydrogen-bond acceptors (Lipinski definition) is 4. The molecule has 23 heavy (non-hydrogen) atoms. The Morgan fingerprint density at radius 2 is 2.00 bits per heavy atom. The molecule has 0 aromatic heterocycles. The van der Waals surface area contributed by atoms with Gasteiger partial charge in [-0.3, -0.25) is 9.59 Å². The van der Waals surface area contributed by atoms with Gasteiger partial charge in [0.15, 0.2) is 11.5 Å². The molecule has 1 saturated heterocycles. The van der Waals surface area contributed by atoms with Crippen molar-refractivity contribution in [2.45, 2.75) is 25.7 Å². The smallest absolute Gasteiger partial charge is 0.308 e. The van der Waals surface area contributed by atoms with Crippen molar-refractivity contribution in [1.82, 2.24) is 4.90 Å². The van der Waals surface area contributed by atoms with Gasteiger partial charge in [-0.2, -0.15) is 0 Å². The highest BCUT2D eigenvalue weighted by Gasteiger charge is 2.27. The highest BCUT2D eigenvalue weighted by molar-refractivity contribution is 5.78. The minimum atomic E-state index is -0.811. The number of ether oxygens (including phenoxy) is 2. The lowest BCUT2D eigenvalue weighted by Crippen LogP contribution is -2.42. The number of carbonyl (C=O) groups is 2. The third-order valence-electron chi connectivity index (χ3n) is 4.36. The lowest BCUT2D eigenvalue weighted by molar-refractivity contribution is -0.145. The number of hydrogen-bond donors (Lipinski definition) is 1. The van der Waals surface area contributed by atoms with E-state index >= 15 is 0 Å². The minimum Gasteiger partial charge on any atom is -0.486 e. The number of carboxylic acids is 1. The molecular formula is C17H21NO5. The Hall–Kier alpha value is -2.24. The van der Waals surface area contributed by atoms with Crippen LogP contribution in [-0.4, -0.2) is 48.2 Å². The van der Waals surface area contributed by atoms with Gasteiger partial charge in [0.05, 0.1) is 5.92 Å². The second-order valence-corrected chi connectivity index (χ2v) is 6.00. The molecule has 2 aliphatic rings. The van der Waals surface area contributed by atoms with Crippen molar-refractivity contribution in [3.63, 3.8) is 0 Å². The molecule has 0 spiro atoms. The van der Waals surface area contributed by atoms with E-state index in [2.05, 4.69) is 0 Å². The number of aliphatic carboxylic acids is 1. The Labute approximate surface area is 135 Å². The number of carbonyl (C=O) groups excluding carboxylic acids is 1. The molecule has 1 unspecified atom stereocenters. The molecule has 1 N–H and O–H groups in total. The molecule has 0 saturated carbocycles. The number of carboxylic acid groups (broad SMARTS) is 1. The molecule has 6 nitrogen and oxygen atoms in total. The summed E-state index contributed by atoms with van der Waals surface area (Å²) in [4.78, 5) is 25.1. The average Bonchev–Trinajstić information content (AvgIpc) is 2.59. The Kier molecular flexibility index (Phi) is 4.69. The first-order valence-electron chi connectivity index (χ1n) is 8.02. The summed E-state index contributed by atoms with van der Waals surface area (Å²) in [6, 6.07) is 5.73. The fourth-order valence-corrected chi connectivity index (χ4v) is 3.06. The zero-order valence-electron chi connectivity index (χ0n) is 13.0. The summed E-state index contributed by atoms with van der Waals surface area (Å²) < 4.78 is 11.0. The van der Waals surface area contributed by atoms with Crippen LogP contribution in [0.25, 0.3) is 0 Å². The summed E-state index contributed by atoms with van der Waals surface area (Å²) >= 11 is 0. The van der Waals surface area contributed by atoms with Crippen molar-refractivity contribution < 1.29 is 24.2 Å². The summed E-state index contributed by atoms with van der Waals surface area (Å²) in [6.07, 6.45) is 2.41. The predicted octanol–water partition coefficient (Wildman–Crippen LogP) is 1.71. The first-order chi connectivity index (χ1) is 11.1. The fourth-order valence-electron chi connectivity index (χ4n) is 3.06. The number of likely N-dealkylation sites (tertiary alicyclic amines) is 1. The number of fused-ring (bicyclic) bond motifs is 1. The Morgan fingerprint density at radius 1 is 1.22 bits per heavy atom. The third-order valence-corrected chi connectivity index (χ3v) is 4.36. The van der Waals surface area contributed by atoms with Gasteiger partial charge in [-0.25, -0.2) is 0 Å². The third kappa shape index (κ3) is 3.75. The van der Waals surface area contributed by atoms with Gasteiger partial charge in [-0.15, -0.1) is 0 Å².